The van der Waals surface area contributed by atoms with Crippen molar-refractivity contribution in [1.82, 2.24) is 0 Å². The van der Waals surface area contributed by atoms with Crippen LogP contribution in [0, 0.1) is 0 Å². The van der Waals surface area contributed by atoms with Crippen LogP contribution in [0.5, 0.6) is 0 Å². The van der Waals surface area contributed by atoms with E-state index in [1.54, 1.807) is 0 Å². The third-order valence-electron chi connectivity index (χ3n) is 0.491. The average Bonchev–Trinajstić information content (AvgIpc) is 1.87. The predicted molar refractivity (Wildman–Crippen MR) is 24.5 cm³/mol. The minimum absolute atomic E-state index is 0.316. The Bertz CT molecular complexity index is 142. The van der Waals surface area contributed by atoms with Crippen LogP contribution in [0.4, 0.5) is 17.6 Å². The molecule has 0 unspecified atom stereocenters. The van der Waals surface area contributed by atoms with Crippen LogP contribution in [0.1, 0.15) is 0 Å². The van der Waals surface area contributed by atoms with Crippen molar-refractivity contribution in [3.05, 3.63) is 12.3 Å². The highest BCUT2D eigenvalue weighted by molar-refractivity contribution is 4.67. The zero-order valence-corrected chi connectivity index (χ0v) is 5.06. The molecule has 0 radical (unpaired) electrons. The number of rotatable bonds is 4. The van der Waals surface area contributed by atoms with Crippen molar-refractivity contribution in [3.8, 4) is 0 Å². The van der Waals surface area contributed by atoms with Crippen molar-refractivity contribution in [2.75, 3.05) is 6.61 Å². The van der Waals surface area contributed by atoms with Gasteiger partial charge in [-0.15, -0.1) is 4.89 Å². The summed E-state index contributed by atoms with van der Waals surface area (Å²) in [6.07, 6.45) is -6.60. The van der Waals surface area contributed by atoms with Crippen molar-refractivity contribution < 1.29 is 32.4 Å². The Kier molecular flexibility index (Phi) is 3.83. The second kappa shape index (κ2) is 4.14. The Hall–Kier alpha value is -0.820. The lowest BCUT2D eigenvalue weighted by atomic mass is 10.7. The number of aliphatic hydroxyl groups excluding tert-OH is 1. The van der Waals surface area contributed by atoms with Crippen LogP contribution in [0.25, 0.3) is 0 Å². The maximum absolute atomic E-state index is 11.7. The lowest BCUT2D eigenvalue weighted by molar-refractivity contribution is -0.422. The molecule has 0 aliphatic rings. The van der Waals surface area contributed by atoms with Gasteiger partial charge >= 0.3 is 12.2 Å². The average molecular weight is 176 g/mol. The lowest BCUT2D eigenvalue weighted by Gasteiger charge is -2.09. The molecule has 11 heavy (non-hydrogen) atoms. The van der Waals surface area contributed by atoms with Crippen molar-refractivity contribution in [2.45, 2.75) is 6.11 Å². The van der Waals surface area contributed by atoms with E-state index in [2.05, 4.69) is 9.78 Å². The molecule has 0 aliphatic carbocycles. The van der Waals surface area contributed by atoms with Gasteiger partial charge in [0.25, 0.3) is 0 Å². The normalized spacial score (nSPS) is 11.0. The van der Waals surface area contributed by atoms with Gasteiger partial charge in [0.15, 0.2) is 6.26 Å². The number of halogens is 4. The minimum atomic E-state index is -3.97. The Morgan fingerprint density at radius 1 is 1.45 bits per heavy atom. The van der Waals surface area contributed by atoms with Gasteiger partial charge in [-0.25, -0.2) is 0 Å². The van der Waals surface area contributed by atoms with E-state index in [4.69, 9.17) is 5.11 Å². The molecule has 66 valence electrons. The molecule has 0 spiro atoms. The largest absolute Gasteiger partial charge is 0.413 e. The SMILES string of the molecule is OCC(F)(F)OOC=C(F)F. The molecule has 7 heteroatoms. The van der Waals surface area contributed by atoms with E-state index in [1.807, 2.05) is 0 Å². The Labute approximate surface area is 58.8 Å². The van der Waals surface area contributed by atoms with E-state index in [0.717, 1.165) is 0 Å². The van der Waals surface area contributed by atoms with Gasteiger partial charge in [-0.1, -0.05) is 0 Å². The molecule has 3 nitrogen and oxygen atoms in total. The molecule has 0 fully saturated rings. The van der Waals surface area contributed by atoms with Crippen molar-refractivity contribution in [1.29, 1.82) is 0 Å². The molecule has 0 aromatic heterocycles. The van der Waals surface area contributed by atoms with Gasteiger partial charge < -0.3 is 9.99 Å². The zero-order chi connectivity index (χ0) is 8.91. The van der Waals surface area contributed by atoms with Crippen LogP contribution in [0.3, 0.4) is 0 Å². The smallest absolute Gasteiger partial charge is 0.387 e. The molecule has 0 saturated heterocycles. The van der Waals surface area contributed by atoms with Crippen LogP contribution < -0.4 is 0 Å². The van der Waals surface area contributed by atoms with Crippen molar-refractivity contribution >= 4 is 0 Å². The van der Waals surface area contributed by atoms with E-state index < -0.39 is 18.8 Å². The summed E-state index contributed by atoms with van der Waals surface area (Å²) < 4.78 is 45.6. The number of hydrogen-bond donors (Lipinski definition) is 1. The fraction of sp³-hybridized carbons (Fsp3) is 0.500. The van der Waals surface area contributed by atoms with Gasteiger partial charge in [-0.2, -0.15) is 17.6 Å². The Morgan fingerprint density at radius 2 is 2.00 bits per heavy atom. The third-order valence-corrected chi connectivity index (χ3v) is 0.491. The van der Waals surface area contributed by atoms with Crippen LogP contribution >= 0.6 is 0 Å². The molecule has 0 aliphatic heterocycles. The highest BCUT2D eigenvalue weighted by atomic mass is 19.3. The summed E-state index contributed by atoms with van der Waals surface area (Å²) in [7, 11) is 0. The second-order valence-corrected chi connectivity index (χ2v) is 1.38. The first-order chi connectivity index (χ1) is 4.98. The highest BCUT2D eigenvalue weighted by Gasteiger charge is 2.30. The molecule has 0 amide bonds. The fourth-order valence-corrected chi connectivity index (χ4v) is 0.157. The number of aliphatic hydroxyl groups is 1. The first-order valence-electron chi connectivity index (χ1n) is 2.32. The summed E-state index contributed by atoms with van der Waals surface area (Å²) in [4.78, 5) is 6.28. The summed E-state index contributed by atoms with van der Waals surface area (Å²) >= 11 is 0. The summed E-state index contributed by atoms with van der Waals surface area (Å²) in [5, 5.41) is 7.80. The van der Waals surface area contributed by atoms with Crippen molar-refractivity contribution in [3.63, 3.8) is 0 Å². The predicted octanol–water partition coefficient (Wildman–Crippen LogP) is 1.26. The van der Waals surface area contributed by atoms with Gasteiger partial charge in [0.1, 0.15) is 6.61 Å². The molecule has 0 rings (SSSR count). The second-order valence-electron chi connectivity index (χ2n) is 1.38. The number of alkyl halides is 2. The Balaban J connectivity index is 3.62. The van der Waals surface area contributed by atoms with Gasteiger partial charge in [0.2, 0.25) is 0 Å². The highest BCUT2D eigenvalue weighted by Crippen LogP contribution is 2.14. The van der Waals surface area contributed by atoms with Gasteiger partial charge in [-0.3, -0.25) is 0 Å². The topological polar surface area (TPSA) is 38.7 Å². The summed E-state index contributed by atoms with van der Waals surface area (Å²) in [6.45, 7) is -1.64. The maximum Gasteiger partial charge on any atom is 0.413 e. The molecular formula is C4H4F4O3. The van der Waals surface area contributed by atoms with Crippen LogP contribution in [-0.2, 0) is 9.78 Å². The van der Waals surface area contributed by atoms with E-state index in [1.165, 1.54) is 0 Å². The number of hydrogen-bond acceptors (Lipinski definition) is 3. The van der Waals surface area contributed by atoms with Crippen LogP contribution in [-0.4, -0.2) is 17.8 Å². The summed E-state index contributed by atoms with van der Waals surface area (Å²) in [5.74, 6) is 0. The minimum Gasteiger partial charge on any atom is -0.387 e. The first kappa shape index (κ1) is 10.2. The van der Waals surface area contributed by atoms with E-state index in [-0.39, 0.29) is 6.26 Å². The quantitative estimate of drug-likeness (QED) is 0.303. The van der Waals surface area contributed by atoms with E-state index in [9.17, 15) is 17.6 Å². The molecule has 0 saturated carbocycles. The molecule has 1 N–H and O–H groups in total. The standard InChI is InChI=1S/C4H4F4O3/c5-3(6)1-10-11-4(7,8)2-9/h1,9H,2H2. The van der Waals surface area contributed by atoms with E-state index in [0.29, 0.717) is 0 Å². The van der Waals surface area contributed by atoms with Gasteiger partial charge in [-0.05, 0) is 0 Å². The fourth-order valence-electron chi connectivity index (χ4n) is 0.157. The maximum atomic E-state index is 11.7. The van der Waals surface area contributed by atoms with E-state index >= 15 is 0 Å². The molecule has 0 atom stereocenters. The molecule has 0 bridgehead atoms. The summed E-state index contributed by atoms with van der Waals surface area (Å²) in [6, 6.07) is 0. The van der Waals surface area contributed by atoms with Gasteiger partial charge in [0.05, 0.1) is 0 Å². The van der Waals surface area contributed by atoms with Gasteiger partial charge in [0, 0.05) is 0 Å². The zero-order valence-electron chi connectivity index (χ0n) is 5.06. The van der Waals surface area contributed by atoms with Crippen LogP contribution in [0.15, 0.2) is 12.3 Å². The molecule has 0 aromatic rings. The summed E-state index contributed by atoms with van der Waals surface area (Å²) in [5.41, 5.74) is 0. The lowest BCUT2D eigenvalue weighted by Crippen LogP contribution is -2.24. The molecular weight excluding hydrogens is 172 g/mol. The Morgan fingerprint density at radius 3 is 2.36 bits per heavy atom. The monoisotopic (exact) mass is 176 g/mol. The first-order valence-corrected chi connectivity index (χ1v) is 2.32. The third kappa shape index (κ3) is 5.62. The molecule has 0 aromatic carbocycles. The molecule has 0 heterocycles. The van der Waals surface area contributed by atoms with Crippen molar-refractivity contribution in [2.24, 2.45) is 0 Å². The van der Waals surface area contributed by atoms with Crippen LogP contribution in [0.2, 0.25) is 0 Å².